The van der Waals surface area contributed by atoms with Gasteiger partial charge in [-0.3, -0.25) is 0 Å². The third kappa shape index (κ3) is 5.81. The molecule has 8 aromatic rings. The lowest BCUT2D eigenvalue weighted by Crippen LogP contribution is -2.31. The van der Waals surface area contributed by atoms with Crippen molar-refractivity contribution in [2.75, 3.05) is 7.05 Å². The van der Waals surface area contributed by atoms with Crippen molar-refractivity contribution >= 4 is 37.9 Å². The van der Waals surface area contributed by atoms with Crippen LogP contribution in [0.3, 0.4) is 0 Å². The van der Waals surface area contributed by atoms with E-state index >= 15 is 0 Å². The maximum Gasteiger partial charge on any atom is 0.0774 e. The van der Waals surface area contributed by atoms with Crippen molar-refractivity contribution in [3.8, 4) is 22.3 Å². The third-order valence-electron chi connectivity index (χ3n) is 12.7. The highest BCUT2D eigenvalue weighted by Crippen LogP contribution is 2.46. The molecule has 3 aliphatic rings. The first-order valence-corrected chi connectivity index (χ1v) is 20.6. The number of rotatable bonds is 4. The molecular formula is C56H43N3. The molecule has 59 heavy (non-hydrogen) atoms. The quantitative estimate of drug-likeness (QED) is 0.176. The van der Waals surface area contributed by atoms with Crippen LogP contribution in [0, 0.1) is 0 Å². The highest BCUT2D eigenvalue weighted by atomic mass is 15.1. The molecule has 0 saturated heterocycles. The molecule has 0 spiro atoms. The van der Waals surface area contributed by atoms with Gasteiger partial charge in [-0.1, -0.05) is 188 Å². The highest BCUT2D eigenvalue weighted by Gasteiger charge is 2.32. The summed E-state index contributed by atoms with van der Waals surface area (Å²) in [4.78, 5) is 2.45. The van der Waals surface area contributed by atoms with Crippen molar-refractivity contribution in [3.63, 3.8) is 0 Å². The second-order valence-corrected chi connectivity index (χ2v) is 15.9. The summed E-state index contributed by atoms with van der Waals surface area (Å²) in [6.45, 7) is 0. The smallest absolute Gasteiger partial charge is 0.0774 e. The van der Waals surface area contributed by atoms with Gasteiger partial charge in [0.2, 0.25) is 0 Å². The Morgan fingerprint density at radius 3 is 1.86 bits per heavy atom. The summed E-state index contributed by atoms with van der Waals surface area (Å²) in [5.41, 5.74) is 22.4. The SMILES string of the molecule is CN1C2=C(C=C/C(=C3/C(=C\N)NC(c4ccc(-c5c6ccccc6c(-c6ccccc6)c6ccccc56)cc4)c4ccccc43)C2)C=CC1c1ccc2ccccc2c1. The Hall–Kier alpha value is -7.36. The molecule has 2 heterocycles. The van der Waals surface area contributed by atoms with Crippen LogP contribution in [-0.4, -0.2) is 11.9 Å². The molecule has 3 N–H and O–H groups in total. The Morgan fingerprint density at radius 2 is 1.17 bits per heavy atom. The van der Waals surface area contributed by atoms with Crippen LogP contribution >= 0.6 is 0 Å². The molecule has 3 heteroatoms. The summed E-state index contributed by atoms with van der Waals surface area (Å²) >= 11 is 0. The molecular weight excluding hydrogens is 715 g/mol. The fraction of sp³-hybridized carbons (Fsp3) is 0.0714. The number of nitrogens with zero attached hydrogens (tertiary/aromatic N) is 1. The molecule has 2 atom stereocenters. The Bertz CT molecular complexity index is 3070. The van der Waals surface area contributed by atoms with E-state index in [2.05, 4.69) is 211 Å². The first kappa shape index (κ1) is 34.9. The second-order valence-electron chi connectivity index (χ2n) is 15.9. The van der Waals surface area contributed by atoms with Crippen molar-refractivity contribution in [2.45, 2.75) is 18.5 Å². The van der Waals surface area contributed by atoms with Crippen LogP contribution in [0.2, 0.25) is 0 Å². The lowest BCUT2D eigenvalue weighted by molar-refractivity contribution is 0.344. The summed E-state index contributed by atoms with van der Waals surface area (Å²) in [5.74, 6) is 0. The van der Waals surface area contributed by atoms with Gasteiger partial charge in [-0.15, -0.1) is 0 Å². The summed E-state index contributed by atoms with van der Waals surface area (Å²) < 4.78 is 0. The van der Waals surface area contributed by atoms with Crippen LogP contribution in [0.5, 0.6) is 0 Å². The van der Waals surface area contributed by atoms with Gasteiger partial charge < -0.3 is 16.0 Å². The normalized spacial score (nSPS) is 19.3. The molecule has 0 saturated carbocycles. The number of allylic oxidation sites excluding steroid dienone is 6. The summed E-state index contributed by atoms with van der Waals surface area (Å²) in [6.07, 6.45) is 11.7. The maximum absolute atomic E-state index is 6.54. The number of nitrogens with two attached hydrogens (primary N) is 1. The summed E-state index contributed by atoms with van der Waals surface area (Å²) in [5, 5.41) is 11.5. The molecule has 3 nitrogen and oxygen atoms in total. The van der Waals surface area contributed by atoms with Gasteiger partial charge in [-0.2, -0.15) is 0 Å². The van der Waals surface area contributed by atoms with Crippen molar-refractivity contribution in [2.24, 2.45) is 5.73 Å². The van der Waals surface area contributed by atoms with Gasteiger partial charge in [0.25, 0.3) is 0 Å². The van der Waals surface area contributed by atoms with Gasteiger partial charge in [-0.05, 0) is 94.0 Å². The third-order valence-corrected chi connectivity index (χ3v) is 12.7. The maximum atomic E-state index is 6.54. The number of hydrogen-bond donors (Lipinski definition) is 2. The Balaban J connectivity index is 0.951. The molecule has 1 aliphatic carbocycles. The molecule has 8 aromatic carbocycles. The van der Waals surface area contributed by atoms with Crippen molar-refractivity contribution in [3.05, 3.63) is 245 Å². The molecule has 11 rings (SSSR count). The average molecular weight is 758 g/mol. The molecule has 0 radical (unpaired) electrons. The largest absolute Gasteiger partial charge is 0.403 e. The topological polar surface area (TPSA) is 41.3 Å². The predicted octanol–water partition coefficient (Wildman–Crippen LogP) is 13.2. The zero-order valence-electron chi connectivity index (χ0n) is 32.9. The van der Waals surface area contributed by atoms with E-state index in [0.29, 0.717) is 0 Å². The van der Waals surface area contributed by atoms with Crippen molar-refractivity contribution < 1.29 is 0 Å². The standard InChI is InChI=1S/C56H43N3/c1-59-51(42-29-23-36-13-5-6-16-41(36)33-42)32-31-37-24-30-43(34-52(37)59)55-48-21-11-12-22-49(48)56(58-50(55)35-57)40-27-25-39(26-28-40)54-46-19-9-7-17-44(46)53(38-14-3-2-4-15-38)45-18-8-10-20-47(45)54/h2-33,35,51,56,58H,34,57H2,1H3/b50-35+,55-43-. The molecule has 0 bridgehead atoms. The lowest BCUT2D eigenvalue weighted by Gasteiger charge is -2.38. The Kier molecular flexibility index (Phi) is 8.41. The van der Waals surface area contributed by atoms with E-state index in [1.807, 2.05) is 0 Å². The first-order chi connectivity index (χ1) is 29.1. The van der Waals surface area contributed by atoms with Gasteiger partial charge in [0.1, 0.15) is 0 Å². The van der Waals surface area contributed by atoms with E-state index in [9.17, 15) is 0 Å². The van der Waals surface area contributed by atoms with Gasteiger partial charge in [-0.25, -0.2) is 0 Å². The van der Waals surface area contributed by atoms with Gasteiger partial charge >= 0.3 is 0 Å². The average Bonchev–Trinajstić information content (AvgIpc) is 3.30. The number of nitrogens with one attached hydrogen (secondary N) is 1. The number of hydrogen-bond acceptors (Lipinski definition) is 3. The Labute approximate surface area is 345 Å². The van der Waals surface area contributed by atoms with E-state index in [4.69, 9.17) is 5.73 Å². The zero-order chi connectivity index (χ0) is 39.5. The van der Waals surface area contributed by atoms with E-state index in [0.717, 1.165) is 12.1 Å². The van der Waals surface area contributed by atoms with E-state index in [1.165, 1.54) is 99.2 Å². The second kappa shape index (κ2) is 14.2. The number of benzene rings is 8. The summed E-state index contributed by atoms with van der Waals surface area (Å²) in [7, 11) is 2.23. The molecule has 0 amide bonds. The first-order valence-electron chi connectivity index (χ1n) is 20.6. The van der Waals surface area contributed by atoms with Crippen LogP contribution in [0.25, 0.3) is 60.1 Å². The number of fused-ring (bicyclic) bond motifs is 4. The van der Waals surface area contributed by atoms with Gasteiger partial charge in [0, 0.05) is 30.9 Å². The molecule has 282 valence electrons. The molecule has 0 aromatic heterocycles. The minimum Gasteiger partial charge on any atom is -0.403 e. The minimum absolute atomic E-state index is 0.0618. The van der Waals surface area contributed by atoms with Crippen LogP contribution in [-0.2, 0) is 0 Å². The fourth-order valence-corrected chi connectivity index (χ4v) is 9.86. The fourth-order valence-electron chi connectivity index (χ4n) is 9.86. The molecule has 2 aliphatic heterocycles. The highest BCUT2D eigenvalue weighted by molar-refractivity contribution is 6.21. The van der Waals surface area contributed by atoms with E-state index < -0.39 is 0 Å². The monoisotopic (exact) mass is 757 g/mol. The van der Waals surface area contributed by atoms with E-state index in [-0.39, 0.29) is 12.1 Å². The zero-order valence-corrected chi connectivity index (χ0v) is 32.9. The molecule has 2 unspecified atom stereocenters. The molecule has 0 fully saturated rings. The number of likely N-dealkylation sites (N-methyl/N-ethyl adjacent to an activating group) is 1. The summed E-state index contributed by atoms with van der Waals surface area (Å²) in [6, 6.07) is 62.0. The van der Waals surface area contributed by atoms with Crippen LogP contribution < -0.4 is 11.1 Å². The van der Waals surface area contributed by atoms with E-state index in [1.54, 1.807) is 6.20 Å². The predicted molar refractivity (Wildman–Crippen MR) is 247 cm³/mol. The lowest BCUT2D eigenvalue weighted by atomic mass is 9.80. The van der Waals surface area contributed by atoms with Gasteiger partial charge in [0.15, 0.2) is 0 Å². The van der Waals surface area contributed by atoms with Crippen LogP contribution in [0.4, 0.5) is 0 Å². The Morgan fingerprint density at radius 1 is 0.576 bits per heavy atom. The van der Waals surface area contributed by atoms with Crippen LogP contribution in [0.1, 0.15) is 40.8 Å². The van der Waals surface area contributed by atoms with Gasteiger partial charge in [0.05, 0.1) is 17.8 Å². The van der Waals surface area contributed by atoms with Crippen molar-refractivity contribution in [1.82, 2.24) is 10.2 Å². The minimum atomic E-state index is -0.0618. The van der Waals surface area contributed by atoms with Crippen molar-refractivity contribution in [1.29, 1.82) is 0 Å². The van der Waals surface area contributed by atoms with Crippen LogP contribution in [0.15, 0.2) is 223 Å².